The van der Waals surface area contributed by atoms with E-state index in [2.05, 4.69) is 10.4 Å². The first-order valence-corrected chi connectivity index (χ1v) is 7.88. The maximum absolute atomic E-state index is 11.8. The van der Waals surface area contributed by atoms with Crippen LogP contribution in [0.1, 0.15) is 27.2 Å². The molecule has 104 valence electrons. The van der Waals surface area contributed by atoms with Gasteiger partial charge in [0.2, 0.25) is 0 Å². The first-order valence-electron chi connectivity index (χ1n) is 6.23. The molecule has 0 aliphatic rings. The molecule has 0 saturated heterocycles. The largest absolute Gasteiger partial charge is 0.316 e. The molecule has 0 fully saturated rings. The van der Waals surface area contributed by atoms with Crippen LogP contribution in [0, 0.1) is 0 Å². The lowest BCUT2D eigenvalue weighted by Gasteiger charge is -2.19. The van der Waals surface area contributed by atoms with E-state index in [1.54, 1.807) is 27.0 Å². The van der Waals surface area contributed by atoms with Gasteiger partial charge in [-0.15, -0.1) is 0 Å². The van der Waals surface area contributed by atoms with E-state index in [0.717, 1.165) is 19.5 Å². The second kappa shape index (κ2) is 6.33. The predicted molar refractivity (Wildman–Crippen MR) is 73.3 cm³/mol. The molecule has 0 bridgehead atoms. The van der Waals surface area contributed by atoms with Gasteiger partial charge in [0.05, 0.1) is 10.5 Å². The fraction of sp³-hybridized carbons (Fsp3) is 0.750. The first-order chi connectivity index (χ1) is 8.33. The molecule has 0 amide bonds. The van der Waals surface area contributed by atoms with Gasteiger partial charge in [-0.3, -0.25) is 4.68 Å². The third-order valence-corrected chi connectivity index (χ3v) is 5.39. The third-order valence-electron chi connectivity index (χ3n) is 2.78. The Morgan fingerprint density at radius 2 is 2.00 bits per heavy atom. The summed E-state index contributed by atoms with van der Waals surface area (Å²) in [7, 11) is -3.01. The van der Waals surface area contributed by atoms with Crippen molar-refractivity contribution in [1.82, 2.24) is 15.1 Å². The first kappa shape index (κ1) is 15.2. The van der Waals surface area contributed by atoms with Gasteiger partial charge < -0.3 is 5.32 Å². The summed E-state index contributed by atoms with van der Waals surface area (Å²) in [6, 6.07) is 1.89. The highest BCUT2D eigenvalue weighted by molar-refractivity contribution is 7.92. The number of aryl methyl sites for hydroxylation is 1. The Morgan fingerprint density at radius 3 is 2.56 bits per heavy atom. The van der Waals surface area contributed by atoms with Crippen LogP contribution in [-0.4, -0.2) is 41.8 Å². The van der Waals surface area contributed by atoms with E-state index in [1.807, 2.05) is 16.9 Å². The number of nitrogens with one attached hydrogen (secondary N) is 1. The SMILES string of the molecule is CC(C)(C)S(=O)(=O)CCNCCCn1cccn1. The molecule has 0 aromatic carbocycles. The molecule has 0 aliphatic carbocycles. The summed E-state index contributed by atoms with van der Waals surface area (Å²) in [4.78, 5) is 0. The van der Waals surface area contributed by atoms with E-state index < -0.39 is 14.6 Å². The highest BCUT2D eigenvalue weighted by Crippen LogP contribution is 2.15. The second-order valence-electron chi connectivity index (χ2n) is 5.30. The van der Waals surface area contributed by atoms with Crippen molar-refractivity contribution in [2.24, 2.45) is 0 Å². The summed E-state index contributed by atoms with van der Waals surface area (Å²) in [5.74, 6) is 0.193. The number of aromatic nitrogens is 2. The molecule has 0 saturated carbocycles. The molecule has 0 radical (unpaired) electrons. The molecule has 1 N–H and O–H groups in total. The molecule has 1 rings (SSSR count). The minimum absolute atomic E-state index is 0.193. The molecule has 18 heavy (non-hydrogen) atoms. The smallest absolute Gasteiger partial charge is 0.156 e. The molecule has 6 heteroatoms. The lowest BCUT2D eigenvalue weighted by molar-refractivity contribution is 0.539. The number of hydrogen-bond acceptors (Lipinski definition) is 4. The van der Waals surface area contributed by atoms with Crippen molar-refractivity contribution in [3.63, 3.8) is 0 Å². The maximum atomic E-state index is 11.8. The lowest BCUT2D eigenvalue weighted by atomic mass is 10.3. The van der Waals surface area contributed by atoms with E-state index in [-0.39, 0.29) is 5.75 Å². The van der Waals surface area contributed by atoms with Crippen molar-refractivity contribution in [2.75, 3.05) is 18.8 Å². The van der Waals surface area contributed by atoms with Gasteiger partial charge in [0.15, 0.2) is 9.84 Å². The van der Waals surface area contributed by atoms with Crippen LogP contribution in [0.3, 0.4) is 0 Å². The average Bonchev–Trinajstić information content (AvgIpc) is 2.74. The molecule has 0 unspecified atom stereocenters. The van der Waals surface area contributed by atoms with Gasteiger partial charge in [0.1, 0.15) is 0 Å². The monoisotopic (exact) mass is 273 g/mol. The number of sulfone groups is 1. The normalized spacial score (nSPS) is 12.8. The number of nitrogens with zero attached hydrogens (tertiary/aromatic N) is 2. The van der Waals surface area contributed by atoms with Crippen molar-refractivity contribution in [3.8, 4) is 0 Å². The van der Waals surface area contributed by atoms with Crippen LogP contribution in [0.4, 0.5) is 0 Å². The number of rotatable bonds is 7. The zero-order chi connectivity index (χ0) is 13.6. The molecule has 1 heterocycles. The Kier molecular flexibility index (Phi) is 5.34. The fourth-order valence-corrected chi connectivity index (χ4v) is 2.46. The Labute approximate surface area is 109 Å². The van der Waals surface area contributed by atoms with Crippen LogP contribution < -0.4 is 5.32 Å². The van der Waals surface area contributed by atoms with Crippen molar-refractivity contribution < 1.29 is 8.42 Å². The fourth-order valence-electron chi connectivity index (χ4n) is 1.44. The van der Waals surface area contributed by atoms with E-state index in [1.165, 1.54) is 0 Å². The van der Waals surface area contributed by atoms with Gasteiger partial charge in [-0.1, -0.05) is 0 Å². The van der Waals surface area contributed by atoms with Gasteiger partial charge in [0.25, 0.3) is 0 Å². The van der Waals surface area contributed by atoms with Crippen molar-refractivity contribution >= 4 is 9.84 Å². The summed E-state index contributed by atoms with van der Waals surface area (Å²) >= 11 is 0. The quantitative estimate of drug-likeness (QED) is 0.755. The summed E-state index contributed by atoms with van der Waals surface area (Å²) in [6.07, 6.45) is 4.62. The zero-order valence-electron chi connectivity index (χ0n) is 11.4. The van der Waals surface area contributed by atoms with Gasteiger partial charge in [0, 0.05) is 25.5 Å². The van der Waals surface area contributed by atoms with Gasteiger partial charge in [-0.25, -0.2) is 8.42 Å². The summed E-state index contributed by atoms with van der Waals surface area (Å²) in [5, 5.41) is 7.25. The molecular formula is C12H23N3O2S. The van der Waals surface area contributed by atoms with E-state index in [0.29, 0.717) is 6.54 Å². The van der Waals surface area contributed by atoms with Crippen LogP contribution in [0.2, 0.25) is 0 Å². The molecule has 0 aliphatic heterocycles. The van der Waals surface area contributed by atoms with Crippen molar-refractivity contribution in [2.45, 2.75) is 38.5 Å². The van der Waals surface area contributed by atoms with E-state index in [4.69, 9.17) is 0 Å². The Balaban J connectivity index is 2.12. The standard InChI is InChI=1S/C12H23N3O2S/c1-12(2,3)18(16,17)11-8-13-6-4-9-15-10-5-7-14-15/h5,7,10,13H,4,6,8-9,11H2,1-3H3. The molecular weight excluding hydrogens is 250 g/mol. The Hall–Kier alpha value is -0.880. The highest BCUT2D eigenvalue weighted by atomic mass is 32.2. The summed E-state index contributed by atoms with van der Waals surface area (Å²) in [5.41, 5.74) is 0. The topological polar surface area (TPSA) is 64.0 Å². The molecule has 1 aromatic rings. The third kappa shape index (κ3) is 4.78. The van der Waals surface area contributed by atoms with Gasteiger partial charge >= 0.3 is 0 Å². The second-order valence-corrected chi connectivity index (χ2v) is 8.17. The lowest BCUT2D eigenvalue weighted by Crippen LogP contribution is -2.35. The van der Waals surface area contributed by atoms with Gasteiger partial charge in [-0.2, -0.15) is 5.10 Å². The van der Waals surface area contributed by atoms with Gasteiger partial charge in [-0.05, 0) is 39.8 Å². The Bertz CT molecular complexity index is 432. The molecule has 1 aromatic heterocycles. The molecule has 0 atom stereocenters. The molecule has 5 nitrogen and oxygen atoms in total. The van der Waals surface area contributed by atoms with E-state index >= 15 is 0 Å². The summed E-state index contributed by atoms with van der Waals surface area (Å²) in [6.45, 7) is 7.38. The van der Waals surface area contributed by atoms with Crippen molar-refractivity contribution in [1.29, 1.82) is 0 Å². The maximum Gasteiger partial charge on any atom is 0.156 e. The van der Waals surface area contributed by atoms with Crippen LogP contribution >= 0.6 is 0 Å². The zero-order valence-corrected chi connectivity index (χ0v) is 12.2. The predicted octanol–water partition coefficient (Wildman–Crippen LogP) is 1.08. The Morgan fingerprint density at radius 1 is 1.28 bits per heavy atom. The minimum Gasteiger partial charge on any atom is -0.316 e. The van der Waals surface area contributed by atoms with Crippen molar-refractivity contribution in [3.05, 3.63) is 18.5 Å². The highest BCUT2D eigenvalue weighted by Gasteiger charge is 2.27. The van der Waals surface area contributed by atoms with Crippen LogP contribution in [-0.2, 0) is 16.4 Å². The number of hydrogen-bond donors (Lipinski definition) is 1. The summed E-state index contributed by atoms with van der Waals surface area (Å²) < 4.78 is 24.8. The molecule has 0 spiro atoms. The van der Waals surface area contributed by atoms with Crippen LogP contribution in [0.15, 0.2) is 18.5 Å². The van der Waals surface area contributed by atoms with Crippen LogP contribution in [0.5, 0.6) is 0 Å². The average molecular weight is 273 g/mol. The van der Waals surface area contributed by atoms with Crippen LogP contribution in [0.25, 0.3) is 0 Å². The minimum atomic E-state index is -3.01. The van der Waals surface area contributed by atoms with E-state index in [9.17, 15) is 8.42 Å².